The van der Waals surface area contributed by atoms with Crippen LogP contribution in [-0.2, 0) is 10.3 Å². The normalized spacial score (nSPS) is 25.4. The number of hydrogen-bond donors (Lipinski definition) is 2. The van der Waals surface area contributed by atoms with Crippen LogP contribution < -0.4 is 5.32 Å². The van der Waals surface area contributed by atoms with E-state index in [1.165, 1.54) is 0 Å². The molecule has 0 amide bonds. The Bertz CT molecular complexity index is 378. The van der Waals surface area contributed by atoms with Crippen molar-refractivity contribution in [3.05, 3.63) is 11.7 Å². The fourth-order valence-corrected chi connectivity index (χ4v) is 1.95. The van der Waals surface area contributed by atoms with Crippen molar-refractivity contribution in [3.8, 4) is 0 Å². The van der Waals surface area contributed by atoms with Crippen molar-refractivity contribution in [1.82, 2.24) is 15.5 Å². The largest absolute Gasteiger partial charge is 0.392 e. The zero-order chi connectivity index (χ0) is 12.5. The Morgan fingerprint density at radius 1 is 1.59 bits per heavy atom. The van der Waals surface area contributed by atoms with E-state index in [4.69, 9.17) is 9.26 Å². The van der Waals surface area contributed by atoms with Crippen molar-refractivity contribution >= 4 is 0 Å². The van der Waals surface area contributed by atoms with Crippen molar-refractivity contribution in [3.63, 3.8) is 0 Å². The molecule has 0 spiro atoms. The van der Waals surface area contributed by atoms with E-state index < -0.39 is 5.60 Å². The molecule has 0 saturated carbocycles. The molecule has 6 nitrogen and oxygen atoms in total. The number of ether oxygens (including phenoxy) is 1. The molecule has 2 atom stereocenters. The molecular weight excluding hydrogens is 222 g/mol. The van der Waals surface area contributed by atoms with E-state index in [1.807, 2.05) is 20.8 Å². The Hall–Kier alpha value is -0.980. The van der Waals surface area contributed by atoms with Crippen LogP contribution in [0.15, 0.2) is 4.52 Å². The molecule has 2 N–H and O–H groups in total. The molecule has 17 heavy (non-hydrogen) atoms. The number of rotatable bonds is 4. The molecule has 6 heteroatoms. The summed E-state index contributed by atoms with van der Waals surface area (Å²) in [6.45, 7) is 6.90. The molecule has 1 aliphatic rings. The third kappa shape index (κ3) is 2.65. The lowest BCUT2D eigenvalue weighted by Gasteiger charge is -2.19. The van der Waals surface area contributed by atoms with Crippen LogP contribution in [0, 0.1) is 0 Å². The quantitative estimate of drug-likeness (QED) is 0.809. The van der Waals surface area contributed by atoms with Gasteiger partial charge in [0.2, 0.25) is 11.7 Å². The highest BCUT2D eigenvalue weighted by Gasteiger charge is 2.32. The number of aliphatic hydroxyl groups excluding tert-OH is 1. The summed E-state index contributed by atoms with van der Waals surface area (Å²) in [7, 11) is 0. The van der Waals surface area contributed by atoms with E-state index in [9.17, 15) is 5.11 Å². The Balaban J connectivity index is 2.10. The maximum Gasteiger partial charge on any atom is 0.243 e. The Morgan fingerprint density at radius 3 is 2.94 bits per heavy atom. The van der Waals surface area contributed by atoms with Crippen LogP contribution >= 0.6 is 0 Å². The highest BCUT2D eigenvalue weighted by atomic mass is 16.5. The Labute approximate surface area is 100 Å². The zero-order valence-electron chi connectivity index (χ0n) is 10.4. The lowest BCUT2D eigenvalue weighted by atomic mass is 10.1. The second-order valence-corrected chi connectivity index (χ2v) is 4.75. The van der Waals surface area contributed by atoms with Gasteiger partial charge in [0.05, 0.1) is 12.1 Å². The molecule has 1 fully saturated rings. The Morgan fingerprint density at radius 2 is 2.35 bits per heavy atom. The summed E-state index contributed by atoms with van der Waals surface area (Å²) in [5.74, 6) is 1.06. The summed E-state index contributed by atoms with van der Waals surface area (Å²) in [5, 5.41) is 16.5. The monoisotopic (exact) mass is 241 g/mol. The topological polar surface area (TPSA) is 80.4 Å². The van der Waals surface area contributed by atoms with Crippen LogP contribution in [0.4, 0.5) is 0 Å². The molecule has 2 rings (SSSR count). The number of aliphatic hydroxyl groups is 1. The average Bonchev–Trinajstić information content (AvgIpc) is 2.85. The highest BCUT2D eigenvalue weighted by molar-refractivity contribution is 5.02. The Kier molecular flexibility index (Phi) is 3.46. The van der Waals surface area contributed by atoms with Crippen LogP contribution in [0.1, 0.15) is 44.9 Å². The summed E-state index contributed by atoms with van der Waals surface area (Å²) in [5.41, 5.74) is -0.548. The van der Waals surface area contributed by atoms with Gasteiger partial charge in [-0.1, -0.05) is 5.16 Å². The first kappa shape index (κ1) is 12.5. The van der Waals surface area contributed by atoms with Gasteiger partial charge in [0.1, 0.15) is 5.60 Å². The first-order valence-electron chi connectivity index (χ1n) is 5.92. The predicted molar refractivity (Wildman–Crippen MR) is 60.3 cm³/mol. The highest BCUT2D eigenvalue weighted by Crippen LogP contribution is 2.26. The van der Waals surface area contributed by atoms with Crippen molar-refractivity contribution in [2.24, 2.45) is 0 Å². The molecule has 0 aromatic carbocycles. The van der Waals surface area contributed by atoms with Crippen molar-refractivity contribution in [1.29, 1.82) is 0 Å². The van der Waals surface area contributed by atoms with Crippen molar-refractivity contribution in [2.45, 2.75) is 44.9 Å². The van der Waals surface area contributed by atoms with Crippen LogP contribution in [-0.4, -0.2) is 34.5 Å². The molecule has 0 bridgehead atoms. The van der Waals surface area contributed by atoms with Gasteiger partial charge in [-0.2, -0.15) is 4.98 Å². The summed E-state index contributed by atoms with van der Waals surface area (Å²) >= 11 is 0. The van der Waals surface area contributed by atoms with Gasteiger partial charge in [-0.3, -0.25) is 0 Å². The molecule has 1 aromatic heterocycles. The van der Waals surface area contributed by atoms with Gasteiger partial charge in [0.15, 0.2) is 0 Å². The third-order valence-corrected chi connectivity index (χ3v) is 2.89. The summed E-state index contributed by atoms with van der Waals surface area (Å²) in [6, 6.07) is -0.0522. The molecule has 2 unspecified atom stereocenters. The number of hydrogen-bond acceptors (Lipinski definition) is 6. The van der Waals surface area contributed by atoms with Gasteiger partial charge in [-0.25, -0.2) is 0 Å². The molecule has 1 aliphatic heterocycles. The fourth-order valence-electron chi connectivity index (χ4n) is 1.95. The second kappa shape index (κ2) is 4.72. The van der Waals surface area contributed by atoms with Crippen LogP contribution in [0.2, 0.25) is 0 Å². The second-order valence-electron chi connectivity index (χ2n) is 4.75. The van der Waals surface area contributed by atoms with Gasteiger partial charge in [0.25, 0.3) is 0 Å². The minimum atomic E-state index is -0.548. The molecule has 0 aliphatic carbocycles. The lowest BCUT2D eigenvalue weighted by molar-refractivity contribution is -0.0221. The minimum absolute atomic E-state index is 0.0522. The van der Waals surface area contributed by atoms with Crippen LogP contribution in [0.25, 0.3) is 0 Å². The average molecular weight is 241 g/mol. The maximum atomic E-state index is 9.43. The smallest absolute Gasteiger partial charge is 0.243 e. The lowest BCUT2D eigenvalue weighted by Crippen LogP contribution is -2.23. The SMILES string of the molecule is CCOC(C)(C)c1noc(C2CC(O)CN2)n1. The number of nitrogens with one attached hydrogen (secondary N) is 1. The van der Waals surface area contributed by atoms with E-state index >= 15 is 0 Å². The van der Waals surface area contributed by atoms with E-state index in [1.54, 1.807) is 0 Å². The van der Waals surface area contributed by atoms with E-state index in [0.29, 0.717) is 31.3 Å². The standard InChI is InChI=1S/C11H19N3O3/c1-4-16-11(2,3)10-13-9(17-14-10)8-5-7(15)6-12-8/h7-8,12,15H,4-6H2,1-3H3. The van der Waals surface area contributed by atoms with Gasteiger partial charge in [-0.15, -0.1) is 0 Å². The van der Waals surface area contributed by atoms with Gasteiger partial charge in [-0.05, 0) is 27.2 Å². The van der Waals surface area contributed by atoms with Crippen molar-refractivity contribution < 1.29 is 14.4 Å². The number of aromatic nitrogens is 2. The van der Waals surface area contributed by atoms with Gasteiger partial charge < -0.3 is 19.7 Å². The van der Waals surface area contributed by atoms with Crippen LogP contribution in [0.3, 0.4) is 0 Å². The fraction of sp³-hybridized carbons (Fsp3) is 0.818. The molecule has 2 heterocycles. The number of β-amino-alcohol motifs (C(OH)–C–C–N with tert-alkyl or cyclic N) is 1. The van der Waals surface area contributed by atoms with E-state index in [0.717, 1.165) is 0 Å². The van der Waals surface area contributed by atoms with E-state index in [2.05, 4.69) is 15.5 Å². The molecular formula is C11H19N3O3. The summed E-state index contributed by atoms with van der Waals surface area (Å²) in [6.07, 6.45) is 0.270. The zero-order valence-corrected chi connectivity index (χ0v) is 10.4. The maximum absolute atomic E-state index is 9.43. The summed E-state index contributed by atoms with van der Waals surface area (Å²) in [4.78, 5) is 4.34. The first-order valence-corrected chi connectivity index (χ1v) is 5.92. The molecule has 96 valence electrons. The van der Waals surface area contributed by atoms with Gasteiger partial charge in [0, 0.05) is 13.2 Å². The van der Waals surface area contributed by atoms with E-state index in [-0.39, 0.29) is 12.1 Å². The number of nitrogens with zero attached hydrogens (tertiary/aromatic N) is 2. The molecule has 0 radical (unpaired) electrons. The summed E-state index contributed by atoms with van der Waals surface area (Å²) < 4.78 is 10.8. The molecule has 1 aromatic rings. The third-order valence-electron chi connectivity index (χ3n) is 2.89. The predicted octanol–water partition coefficient (Wildman–Crippen LogP) is 0.736. The van der Waals surface area contributed by atoms with Crippen LogP contribution in [0.5, 0.6) is 0 Å². The van der Waals surface area contributed by atoms with Crippen molar-refractivity contribution in [2.75, 3.05) is 13.2 Å². The van der Waals surface area contributed by atoms with Gasteiger partial charge >= 0.3 is 0 Å². The minimum Gasteiger partial charge on any atom is -0.392 e. The first-order chi connectivity index (χ1) is 8.03. The molecule has 1 saturated heterocycles.